The Labute approximate surface area is 643 Å². The normalized spacial score (nSPS) is 13.0. The molecule has 26 rings (SSSR count). The van der Waals surface area contributed by atoms with Crippen LogP contribution in [0.25, 0.3) is 188 Å². The lowest BCUT2D eigenvalue weighted by Gasteiger charge is -2.45. The third-order valence-electron chi connectivity index (χ3n) is 24.5. The van der Waals surface area contributed by atoms with E-state index in [0.29, 0.717) is 0 Å². The number of benzene rings is 18. The molecule has 0 fully saturated rings. The number of nitrogens with zero attached hydrogens (tertiary/aromatic N) is 5. The molecule has 0 saturated carbocycles. The SMILES string of the molecule is c1ccc(-n2c3cc(-n4c5ccccc5c5ccccc54)ccc3c3cc4c(cc32)B2c3cc5oc6cc(-n7c8ccccc8c8ccccc87)ccc6c5cc3N(c3cccc5sc6ccccc6c35)c3cc(-c5ccc6c7ccccc7c7ccccc7c6c5)cc(c32)N4c2cccc3sc4ccccc4c23)cc1. The molecule has 2 aliphatic rings. The molecule has 6 aromatic heterocycles. The quantitative estimate of drug-likeness (QED) is 0.123. The number of para-hydroxylation sites is 5. The van der Waals surface area contributed by atoms with Crippen LogP contribution in [-0.4, -0.2) is 20.4 Å². The van der Waals surface area contributed by atoms with Gasteiger partial charge in [0.25, 0.3) is 6.71 Å². The van der Waals surface area contributed by atoms with Crippen LogP contribution in [0.5, 0.6) is 0 Å². The summed E-state index contributed by atoms with van der Waals surface area (Å²) in [7, 11) is 0. The molecule has 0 saturated heterocycles. The first-order chi connectivity index (χ1) is 55.1. The van der Waals surface area contributed by atoms with Gasteiger partial charge in [0.05, 0.1) is 44.5 Å². The average molecular weight is 1440 g/mol. The van der Waals surface area contributed by atoms with Crippen LogP contribution in [0.15, 0.2) is 356 Å². The third-order valence-corrected chi connectivity index (χ3v) is 26.8. The Morgan fingerprint density at radius 2 is 0.622 bits per heavy atom. The largest absolute Gasteiger partial charge is 0.456 e. The molecule has 0 spiro atoms. The number of fused-ring (bicyclic) bond motifs is 28. The summed E-state index contributed by atoms with van der Waals surface area (Å²) in [5.41, 5.74) is 24.5. The van der Waals surface area contributed by atoms with Gasteiger partial charge in [-0.3, -0.25) is 0 Å². The van der Waals surface area contributed by atoms with E-state index in [1.54, 1.807) is 0 Å². The van der Waals surface area contributed by atoms with Crippen molar-refractivity contribution in [2.24, 2.45) is 0 Å². The van der Waals surface area contributed by atoms with E-state index in [4.69, 9.17) is 4.42 Å². The monoisotopic (exact) mass is 1440 g/mol. The van der Waals surface area contributed by atoms with Crippen molar-refractivity contribution >= 4 is 240 Å². The molecule has 0 N–H and O–H groups in total. The van der Waals surface area contributed by atoms with Gasteiger partial charge in [0.1, 0.15) is 11.2 Å². The van der Waals surface area contributed by atoms with Crippen LogP contribution in [0.2, 0.25) is 0 Å². The second kappa shape index (κ2) is 22.3. The molecule has 0 amide bonds. The smallest absolute Gasteiger partial charge is 0.252 e. The minimum Gasteiger partial charge on any atom is -0.456 e. The summed E-state index contributed by atoms with van der Waals surface area (Å²) in [4.78, 5) is 5.36. The van der Waals surface area contributed by atoms with Crippen molar-refractivity contribution in [2.75, 3.05) is 9.80 Å². The van der Waals surface area contributed by atoms with Gasteiger partial charge >= 0.3 is 0 Å². The summed E-state index contributed by atoms with van der Waals surface area (Å²) >= 11 is 3.75. The fourth-order valence-electron chi connectivity index (χ4n) is 19.9. The Morgan fingerprint density at radius 1 is 0.216 bits per heavy atom. The molecule has 0 radical (unpaired) electrons. The van der Waals surface area contributed by atoms with Gasteiger partial charge < -0.3 is 27.9 Å². The van der Waals surface area contributed by atoms with Crippen LogP contribution in [0.3, 0.4) is 0 Å². The molecule has 9 heteroatoms. The minimum absolute atomic E-state index is 0.323. The van der Waals surface area contributed by atoms with Crippen molar-refractivity contribution in [1.82, 2.24) is 13.7 Å². The van der Waals surface area contributed by atoms with E-state index in [1.165, 1.54) is 132 Å². The third kappa shape index (κ3) is 8.24. The maximum Gasteiger partial charge on any atom is 0.252 e. The molecule has 2 aliphatic heterocycles. The van der Waals surface area contributed by atoms with E-state index in [2.05, 4.69) is 375 Å². The van der Waals surface area contributed by atoms with Gasteiger partial charge in [-0.1, -0.05) is 206 Å². The Hall–Kier alpha value is -14.0. The fourth-order valence-corrected chi connectivity index (χ4v) is 22.2. The molecule has 0 unspecified atom stereocenters. The van der Waals surface area contributed by atoms with Crippen molar-refractivity contribution in [2.45, 2.75) is 0 Å². The van der Waals surface area contributed by atoms with Gasteiger partial charge in [0.15, 0.2) is 0 Å². The van der Waals surface area contributed by atoms with E-state index < -0.39 is 0 Å². The number of thiophene rings is 2. The van der Waals surface area contributed by atoms with E-state index in [0.717, 1.165) is 106 Å². The van der Waals surface area contributed by atoms with E-state index in [9.17, 15) is 0 Å². The molecule has 0 bridgehead atoms. The number of hydrogen-bond donors (Lipinski definition) is 0. The fraction of sp³-hybridized carbons (Fsp3) is 0. The van der Waals surface area contributed by atoms with E-state index >= 15 is 0 Å². The summed E-state index contributed by atoms with van der Waals surface area (Å²) in [6, 6.07) is 133. The Kier molecular flexibility index (Phi) is 12.1. The Morgan fingerprint density at radius 3 is 1.18 bits per heavy atom. The van der Waals surface area contributed by atoms with Gasteiger partial charge in [-0.25, -0.2) is 0 Å². The molecule has 8 heterocycles. The number of hydrogen-bond acceptors (Lipinski definition) is 5. The zero-order valence-corrected chi connectivity index (χ0v) is 61.2. The van der Waals surface area contributed by atoms with Gasteiger partial charge in [-0.15, -0.1) is 22.7 Å². The summed E-state index contributed by atoms with van der Waals surface area (Å²) in [6.07, 6.45) is 0. The standard InChI is InChI=1S/C102H58BN5OS2/c1-2-22-61(23-3-1)104-88-53-62(105-82-34-14-8-28-69(82)70-29-9-15-35-83(70)105)45-48-73(88)78-55-90-80(57-89(78)104)103-81-58-95-79(74-49-46-63(54-94(74)109-95)106-84-36-16-10-30-71(84)72-31-11-17-37-85(72)106)56-91(81)108(87-39-21-43-99-101(87)76-33-13-19-41-97(76)111-99)93-52-60(59-44-47-68-66-26-5-4-24-64(66)65-25-6-7-27-67(65)77(68)50-59)51-92(102(93)103)107(90)86-38-20-42-98-100(86)75-32-12-18-40-96(75)110-98/h1-58H. The zero-order chi connectivity index (χ0) is 72.0. The predicted molar refractivity (Wildman–Crippen MR) is 474 cm³/mol. The first-order valence-corrected chi connectivity index (χ1v) is 39.8. The second-order valence-corrected chi connectivity index (χ2v) is 32.3. The zero-order valence-electron chi connectivity index (χ0n) is 59.5. The maximum absolute atomic E-state index is 7.53. The van der Waals surface area contributed by atoms with Crippen molar-refractivity contribution < 1.29 is 4.42 Å². The summed E-state index contributed by atoms with van der Waals surface area (Å²) < 4.78 is 19.9. The Balaban J connectivity index is 0.818. The minimum atomic E-state index is -0.323. The maximum atomic E-state index is 7.53. The second-order valence-electron chi connectivity index (χ2n) is 30.1. The molecule has 0 aliphatic carbocycles. The van der Waals surface area contributed by atoms with E-state index in [-0.39, 0.29) is 6.71 Å². The topological polar surface area (TPSA) is 34.4 Å². The number of rotatable bonds is 6. The highest BCUT2D eigenvalue weighted by atomic mass is 32.1. The lowest BCUT2D eigenvalue weighted by Crippen LogP contribution is -2.61. The van der Waals surface area contributed by atoms with Gasteiger partial charge in [0.2, 0.25) is 0 Å². The average Bonchev–Trinajstić information content (AvgIpc) is 1.65. The van der Waals surface area contributed by atoms with E-state index in [1.807, 2.05) is 22.7 Å². The lowest BCUT2D eigenvalue weighted by molar-refractivity contribution is 0.669. The van der Waals surface area contributed by atoms with Crippen molar-refractivity contribution in [3.8, 4) is 28.2 Å². The Bertz CT molecular complexity index is 8120. The number of aromatic nitrogens is 3. The summed E-state index contributed by atoms with van der Waals surface area (Å²) in [5, 5.41) is 21.8. The molecule has 0 atom stereocenters. The first-order valence-electron chi connectivity index (χ1n) is 38.1. The number of anilines is 6. The summed E-state index contributed by atoms with van der Waals surface area (Å²) in [5.74, 6) is 0. The molecule has 18 aromatic carbocycles. The highest BCUT2D eigenvalue weighted by Crippen LogP contribution is 2.54. The van der Waals surface area contributed by atoms with Gasteiger partial charge in [0, 0.05) is 129 Å². The van der Waals surface area contributed by atoms with Crippen LogP contribution in [0, 0.1) is 0 Å². The van der Waals surface area contributed by atoms with Crippen LogP contribution in [0.1, 0.15) is 0 Å². The molecular weight excluding hydrogens is 1390 g/mol. The summed E-state index contributed by atoms with van der Waals surface area (Å²) in [6.45, 7) is -0.323. The van der Waals surface area contributed by atoms with Crippen LogP contribution in [-0.2, 0) is 0 Å². The lowest BCUT2D eigenvalue weighted by atomic mass is 9.33. The molecule has 111 heavy (non-hydrogen) atoms. The van der Waals surface area contributed by atoms with Crippen LogP contribution in [0.4, 0.5) is 34.1 Å². The van der Waals surface area contributed by atoms with Crippen molar-refractivity contribution in [3.63, 3.8) is 0 Å². The van der Waals surface area contributed by atoms with Gasteiger partial charge in [-0.05, 0) is 199 Å². The van der Waals surface area contributed by atoms with Crippen LogP contribution >= 0.6 is 22.7 Å². The molecule has 512 valence electrons. The highest BCUT2D eigenvalue weighted by molar-refractivity contribution is 7.26. The first kappa shape index (κ1) is 60.1. The molecule has 6 nitrogen and oxygen atoms in total. The van der Waals surface area contributed by atoms with Crippen molar-refractivity contribution in [3.05, 3.63) is 352 Å². The van der Waals surface area contributed by atoms with Crippen molar-refractivity contribution in [1.29, 1.82) is 0 Å². The highest BCUT2D eigenvalue weighted by Gasteiger charge is 2.46. The predicted octanol–water partition coefficient (Wildman–Crippen LogP) is 26.8. The van der Waals surface area contributed by atoms with Crippen LogP contribution < -0.4 is 26.2 Å². The van der Waals surface area contributed by atoms with Gasteiger partial charge in [-0.2, -0.15) is 0 Å². The molecule has 24 aromatic rings. The number of furan rings is 1. The molecular formula is C102H58BN5OS2.